The van der Waals surface area contributed by atoms with Crippen LogP contribution < -0.4 is 5.32 Å². The van der Waals surface area contributed by atoms with Gasteiger partial charge in [0.05, 0.1) is 5.92 Å². The predicted molar refractivity (Wildman–Crippen MR) is 119 cm³/mol. The number of benzene rings is 3. The molecular weight excluding hydrogens is 372 g/mol. The molecule has 4 heteroatoms. The van der Waals surface area contributed by atoms with E-state index in [-0.39, 0.29) is 30.1 Å². The molecule has 0 saturated carbocycles. The van der Waals surface area contributed by atoms with Crippen molar-refractivity contribution in [2.45, 2.75) is 19.4 Å². The Morgan fingerprint density at radius 3 is 2.03 bits per heavy atom. The van der Waals surface area contributed by atoms with Crippen molar-refractivity contribution in [1.82, 2.24) is 4.90 Å². The van der Waals surface area contributed by atoms with Crippen LogP contribution >= 0.6 is 0 Å². The molecule has 1 N–H and O–H groups in total. The first kappa shape index (κ1) is 19.9. The van der Waals surface area contributed by atoms with Crippen molar-refractivity contribution in [2.24, 2.45) is 11.8 Å². The van der Waals surface area contributed by atoms with Crippen LogP contribution in [0.1, 0.15) is 17.5 Å². The summed E-state index contributed by atoms with van der Waals surface area (Å²) >= 11 is 0. The SMILES string of the molecule is O=C(C[C@H]1C(=O)N(Cc2ccccc2)C[C@@H]1Cc1ccccc1)Nc1ccccc1. The molecule has 1 fully saturated rings. The van der Waals surface area contributed by atoms with Crippen molar-refractivity contribution < 1.29 is 9.59 Å². The quantitative estimate of drug-likeness (QED) is 0.636. The smallest absolute Gasteiger partial charge is 0.226 e. The van der Waals surface area contributed by atoms with Crippen LogP contribution in [0.15, 0.2) is 91.0 Å². The first-order valence-electron chi connectivity index (χ1n) is 10.4. The van der Waals surface area contributed by atoms with Crippen LogP contribution in [0.25, 0.3) is 0 Å². The molecule has 0 aliphatic carbocycles. The third-order valence-corrected chi connectivity index (χ3v) is 5.67. The largest absolute Gasteiger partial charge is 0.338 e. The van der Waals surface area contributed by atoms with Crippen LogP contribution in [0.4, 0.5) is 5.69 Å². The van der Waals surface area contributed by atoms with Gasteiger partial charge in [-0.2, -0.15) is 0 Å². The number of nitrogens with zero attached hydrogens (tertiary/aromatic N) is 1. The fraction of sp³-hybridized carbons (Fsp3) is 0.231. The van der Waals surface area contributed by atoms with Crippen LogP contribution in [0.5, 0.6) is 0 Å². The van der Waals surface area contributed by atoms with Crippen molar-refractivity contribution in [3.63, 3.8) is 0 Å². The number of hydrogen-bond acceptors (Lipinski definition) is 2. The van der Waals surface area contributed by atoms with E-state index < -0.39 is 0 Å². The number of anilines is 1. The van der Waals surface area contributed by atoms with Gasteiger partial charge in [-0.1, -0.05) is 78.9 Å². The highest BCUT2D eigenvalue weighted by Crippen LogP contribution is 2.32. The number of rotatable bonds is 7. The maximum absolute atomic E-state index is 13.2. The van der Waals surface area contributed by atoms with Gasteiger partial charge in [-0.25, -0.2) is 0 Å². The van der Waals surface area contributed by atoms with Gasteiger partial charge in [0.2, 0.25) is 11.8 Å². The lowest BCUT2D eigenvalue weighted by molar-refractivity contribution is -0.133. The highest BCUT2D eigenvalue weighted by molar-refractivity contribution is 5.94. The molecule has 4 nitrogen and oxygen atoms in total. The summed E-state index contributed by atoms with van der Waals surface area (Å²) in [7, 11) is 0. The van der Waals surface area contributed by atoms with Crippen molar-refractivity contribution in [3.05, 3.63) is 102 Å². The highest BCUT2D eigenvalue weighted by atomic mass is 16.2. The maximum atomic E-state index is 13.2. The van der Waals surface area contributed by atoms with E-state index in [1.165, 1.54) is 5.56 Å². The van der Waals surface area contributed by atoms with Crippen molar-refractivity contribution >= 4 is 17.5 Å². The number of hydrogen-bond donors (Lipinski definition) is 1. The van der Waals surface area contributed by atoms with Gasteiger partial charge >= 0.3 is 0 Å². The number of nitrogens with one attached hydrogen (secondary N) is 1. The highest BCUT2D eigenvalue weighted by Gasteiger charge is 2.41. The summed E-state index contributed by atoms with van der Waals surface area (Å²) in [5, 5.41) is 2.93. The minimum Gasteiger partial charge on any atom is -0.338 e. The Bertz CT molecular complexity index is 974. The zero-order chi connectivity index (χ0) is 20.8. The molecule has 152 valence electrons. The number of carbonyl (C=O) groups excluding carboxylic acids is 2. The van der Waals surface area contributed by atoms with Gasteiger partial charge in [0.25, 0.3) is 0 Å². The summed E-state index contributed by atoms with van der Waals surface area (Å²) in [5.41, 5.74) is 3.07. The topological polar surface area (TPSA) is 49.4 Å². The minimum absolute atomic E-state index is 0.0722. The Morgan fingerprint density at radius 2 is 1.40 bits per heavy atom. The van der Waals surface area contributed by atoms with Gasteiger partial charge in [0, 0.05) is 25.2 Å². The van der Waals surface area contributed by atoms with Crippen LogP contribution in [-0.4, -0.2) is 23.3 Å². The monoisotopic (exact) mass is 398 g/mol. The molecule has 0 unspecified atom stereocenters. The van der Waals surface area contributed by atoms with E-state index in [1.807, 2.05) is 83.8 Å². The second-order valence-corrected chi connectivity index (χ2v) is 7.88. The number of para-hydroxylation sites is 1. The Labute approximate surface area is 177 Å². The Morgan fingerprint density at radius 1 is 0.833 bits per heavy atom. The molecule has 0 radical (unpaired) electrons. The molecule has 0 spiro atoms. The Balaban J connectivity index is 1.49. The molecule has 4 rings (SSSR count). The normalized spacial score (nSPS) is 18.4. The maximum Gasteiger partial charge on any atom is 0.226 e. The minimum atomic E-state index is -0.308. The molecule has 30 heavy (non-hydrogen) atoms. The van der Waals surface area contributed by atoms with E-state index in [1.54, 1.807) is 0 Å². The number of carbonyl (C=O) groups is 2. The lowest BCUT2D eigenvalue weighted by Gasteiger charge is -2.16. The summed E-state index contributed by atoms with van der Waals surface area (Å²) in [5.74, 6) is -0.232. The van der Waals surface area contributed by atoms with E-state index in [0.29, 0.717) is 13.1 Å². The van der Waals surface area contributed by atoms with Gasteiger partial charge in [-0.05, 0) is 35.6 Å². The van der Waals surface area contributed by atoms with Gasteiger partial charge in [0.15, 0.2) is 0 Å². The zero-order valence-corrected chi connectivity index (χ0v) is 16.9. The summed E-state index contributed by atoms with van der Waals surface area (Å²) in [6, 6.07) is 29.6. The van der Waals surface area contributed by atoms with Crippen molar-refractivity contribution in [2.75, 3.05) is 11.9 Å². The lowest BCUT2D eigenvalue weighted by atomic mass is 9.87. The van der Waals surface area contributed by atoms with Crippen LogP contribution in [0.3, 0.4) is 0 Å². The van der Waals surface area contributed by atoms with Crippen molar-refractivity contribution in [1.29, 1.82) is 0 Å². The second kappa shape index (κ2) is 9.40. The van der Waals surface area contributed by atoms with E-state index in [4.69, 9.17) is 0 Å². The second-order valence-electron chi connectivity index (χ2n) is 7.88. The Kier molecular flexibility index (Phi) is 6.23. The molecule has 0 aromatic heterocycles. The first-order valence-corrected chi connectivity index (χ1v) is 10.4. The van der Waals surface area contributed by atoms with E-state index >= 15 is 0 Å². The summed E-state index contributed by atoms with van der Waals surface area (Å²) in [4.78, 5) is 27.8. The van der Waals surface area contributed by atoms with Gasteiger partial charge in [-0.15, -0.1) is 0 Å². The molecule has 2 amide bonds. The molecule has 3 aromatic carbocycles. The first-order chi connectivity index (χ1) is 14.7. The summed E-state index contributed by atoms with van der Waals surface area (Å²) in [6.07, 6.45) is 0.998. The molecule has 1 saturated heterocycles. The predicted octanol–water partition coefficient (Wildman–Crippen LogP) is 4.53. The molecule has 2 atom stereocenters. The van der Waals surface area contributed by atoms with Gasteiger partial charge < -0.3 is 10.2 Å². The molecule has 1 heterocycles. The van der Waals surface area contributed by atoms with Crippen LogP contribution in [0, 0.1) is 11.8 Å². The van der Waals surface area contributed by atoms with Crippen LogP contribution in [-0.2, 0) is 22.6 Å². The summed E-state index contributed by atoms with van der Waals surface area (Å²) < 4.78 is 0. The summed E-state index contributed by atoms with van der Waals surface area (Å²) in [6.45, 7) is 1.26. The average molecular weight is 399 g/mol. The van der Waals surface area contributed by atoms with Crippen LogP contribution in [0.2, 0.25) is 0 Å². The number of likely N-dealkylation sites (tertiary alicyclic amines) is 1. The molecule has 1 aliphatic rings. The fourth-order valence-electron chi connectivity index (χ4n) is 4.19. The van der Waals surface area contributed by atoms with E-state index in [2.05, 4.69) is 17.4 Å². The van der Waals surface area contributed by atoms with Gasteiger partial charge in [0.1, 0.15) is 0 Å². The van der Waals surface area contributed by atoms with E-state index in [0.717, 1.165) is 17.7 Å². The molecule has 1 aliphatic heterocycles. The fourth-order valence-corrected chi connectivity index (χ4v) is 4.19. The third kappa shape index (κ3) is 4.95. The lowest BCUT2D eigenvalue weighted by Crippen LogP contribution is -2.29. The zero-order valence-electron chi connectivity index (χ0n) is 16.9. The average Bonchev–Trinajstić information content (AvgIpc) is 3.04. The van der Waals surface area contributed by atoms with E-state index in [9.17, 15) is 9.59 Å². The standard InChI is InChI=1S/C26H26N2O2/c29-25(27-23-14-8-3-9-15-23)17-24-22(16-20-10-4-1-5-11-20)19-28(26(24)30)18-21-12-6-2-7-13-21/h1-15,22,24H,16-19H2,(H,27,29)/t22-,24+/m0/s1. The Hall–Kier alpha value is -3.40. The molecule has 0 bridgehead atoms. The van der Waals surface area contributed by atoms with Gasteiger partial charge in [-0.3, -0.25) is 9.59 Å². The molecular formula is C26H26N2O2. The number of amides is 2. The third-order valence-electron chi connectivity index (χ3n) is 5.67. The van der Waals surface area contributed by atoms with Crippen molar-refractivity contribution in [3.8, 4) is 0 Å². The molecule has 3 aromatic rings.